The zero-order valence-electron chi connectivity index (χ0n) is 9.83. The lowest BCUT2D eigenvalue weighted by Crippen LogP contribution is -2.14. The quantitative estimate of drug-likeness (QED) is 0.656. The van der Waals surface area contributed by atoms with Crippen LogP contribution in [0.5, 0.6) is 0 Å². The number of halogens is 1. The maximum atomic E-state index is 13.8. The molecule has 0 aromatic heterocycles. The monoisotopic (exact) mass is 218 g/mol. The predicted molar refractivity (Wildman–Crippen MR) is 66.2 cm³/mol. The van der Waals surface area contributed by atoms with E-state index < -0.39 is 5.67 Å². The minimum Gasteiger partial charge on any atom is -0.244 e. The van der Waals surface area contributed by atoms with Gasteiger partial charge in [-0.15, -0.1) is 6.58 Å². The van der Waals surface area contributed by atoms with Crippen LogP contribution >= 0.6 is 0 Å². The molecule has 3 atom stereocenters. The van der Waals surface area contributed by atoms with Gasteiger partial charge in [0.25, 0.3) is 0 Å². The van der Waals surface area contributed by atoms with Crippen molar-refractivity contribution in [2.75, 3.05) is 0 Å². The Morgan fingerprint density at radius 3 is 2.62 bits per heavy atom. The number of alkyl halides is 1. The molecule has 0 radical (unpaired) electrons. The van der Waals surface area contributed by atoms with Crippen molar-refractivity contribution < 1.29 is 4.39 Å². The molecule has 1 saturated carbocycles. The Kier molecular flexibility index (Phi) is 3.13. The SMILES string of the molecule is C=CC(c1ccccc1)C1CCC(C)(F)C1. The van der Waals surface area contributed by atoms with Gasteiger partial charge in [0.1, 0.15) is 5.67 Å². The third-order valence-corrected chi connectivity index (χ3v) is 3.67. The van der Waals surface area contributed by atoms with E-state index in [0.29, 0.717) is 24.7 Å². The van der Waals surface area contributed by atoms with Crippen molar-refractivity contribution in [1.82, 2.24) is 0 Å². The summed E-state index contributed by atoms with van der Waals surface area (Å²) in [5, 5.41) is 0. The van der Waals surface area contributed by atoms with Crippen LogP contribution < -0.4 is 0 Å². The van der Waals surface area contributed by atoms with Crippen molar-refractivity contribution in [3.8, 4) is 0 Å². The Bertz CT molecular complexity index is 353. The first-order valence-electron chi connectivity index (χ1n) is 5.99. The van der Waals surface area contributed by atoms with Crippen molar-refractivity contribution in [1.29, 1.82) is 0 Å². The van der Waals surface area contributed by atoms with E-state index in [4.69, 9.17) is 0 Å². The summed E-state index contributed by atoms with van der Waals surface area (Å²) in [4.78, 5) is 0. The molecule has 1 heteroatoms. The van der Waals surface area contributed by atoms with Crippen LogP contribution in [0.3, 0.4) is 0 Å². The molecule has 0 saturated heterocycles. The van der Waals surface area contributed by atoms with Gasteiger partial charge >= 0.3 is 0 Å². The number of allylic oxidation sites excluding steroid dienone is 1. The van der Waals surface area contributed by atoms with Crippen LogP contribution in [0.4, 0.5) is 4.39 Å². The first kappa shape index (κ1) is 11.4. The molecule has 1 fully saturated rings. The fourth-order valence-corrected chi connectivity index (χ4v) is 2.82. The molecule has 1 aromatic rings. The van der Waals surface area contributed by atoms with Gasteiger partial charge in [-0.3, -0.25) is 0 Å². The van der Waals surface area contributed by atoms with Gasteiger partial charge in [-0.2, -0.15) is 0 Å². The molecule has 16 heavy (non-hydrogen) atoms. The average Bonchev–Trinajstić information content (AvgIpc) is 2.62. The Morgan fingerprint density at radius 1 is 1.44 bits per heavy atom. The molecule has 1 aliphatic carbocycles. The average molecular weight is 218 g/mol. The minimum atomic E-state index is -0.972. The van der Waals surface area contributed by atoms with E-state index >= 15 is 0 Å². The zero-order valence-corrected chi connectivity index (χ0v) is 9.83. The van der Waals surface area contributed by atoms with E-state index in [1.807, 2.05) is 24.3 Å². The second-order valence-corrected chi connectivity index (χ2v) is 5.09. The number of hydrogen-bond donors (Lipinski definition) is 0. The predicted octanol–water partition coefficient (Wildman–Crippen LogP) is 4.48. The van der Waals surface area contributed by atoms with E-state index in [9.17, 15) is 4.39 Å². The van der Waals surface area contributed by atoms with Gasteiger partial charge in [-0.05, 0) is 37.7 Å². The molecule has 0 bridgehead atoms. The summed E-state index contributed by atoms with van der Waals surface area (Å²) in [6, 6.07) is 10.3. The molecule has 0 heterocycles. The highest BCUT2D eigenvalue weighted by atomic mass is 19.1. The van der Waals surface area contributed by atoms with E-state index in [-0.39, 0.29) is 0 Å². The first-order chi connectivity index (χ1) is 7.62. The van der Waals surface area contributed by atoms with E-state index in [2.05, 4.69) is 18.7 Å². The van der Waals surface area contributed by atoms with Gasteiger partial charge in [0, 0.05) is 5.92 Å². The van der Waals surface area contributed by atoms with Gasteiger partial charge < -0.3 is 0 Å². The summed E-state index contributed by atoms with van der Waals surface area (Å²) in [6.45, 7) is 5.63. The Labute approximate surface area is 97.2 Å². The zero-order chi connectivity index (χ0) is 11.6. The molecule has 2 rings (SSSR count). The summed E-state index contributed by atoms with van der Waals surface area (Å²) < 4.78 is 13.8. The van der Waals surface area contributed by atoms with Crippen molar-refractivity contribution in [2.24, 2.45) is 5.92 Å². The molecule has 3 unspecified atom stereocenters. The van der Waals surface area contributed by atoms with Gasteiger partial charge in [-0.25, -0.2) is 4.39 Å². The Morgan fingerprint density at radius 2 is 2.12 bits per heavy atom. The molecule has 0 nitrogen and oxygen atoms in total. The maximum absolute atomic E-state index is 13.8. The fraction of sp³-hybridized carbons (Fsp3) is 0.467. The van der Waals surface area contributed by atoms with Crippen LogP contribution in [0.2, 0.25) is 0 Å². The van der Waals surface area contributed by atoms with Crippen LogP contribution in [0, 0.1) is 5.92 Å². The summed E-state index contributed by atoms with van der Waals surface area (Å²) >= 11 is 0. The lowest BCUT2D eigenvalue weighted by molar-refractivity contribution is 0.190. The van der Waals surface area contributed by atoms with Crippen LogP contribution in [0.1, 0.15) is 37.7 Å². The lowest BCUT2D eigenvalue weighted by atomic mass is 9.84. The first-order valence-corrected chi connectivity index (χ1v) is 5.99. The van der Waals surface area contributed by atoms with Crippen molar-refractivity contribution in [3.63, 3.8) is 0 Å². The van der Waals surface area contributed by atoms with Gasteiger partial charge in [0.15, 0.2) is 0 Å². The van der Waals surface area contributed by atoms with Crippen LogP contribution in [0.15, 0.2) is 43.0 Å². The van der Waals surface area contributed by atoms with Gasteiger partial charge in [0.05, 0.1) is 0 Å². The largest absolute Gasteiger partial charge is 0.244 e. The molecule has 1 aromatic carbocycles. The van der Waals surface area contributed by atoms with Crippen molar-refractivity contribution in [2.45, 2.75) is 37.8 Å². The minimum absolute atomic E-state index is 0.304. The second-order valence-electron chi connectivity index (χ2n) is 5.09. The fourth-order valence-electron chi connectivity index (χ4n) is 2.82. The molecule has 0 spiro atoms. The molecule has 86 valence electrons. The third kappa shape index (κ3) is 2.34. The van der Waals surface area contributed by atoms with Crippen LogP contribution in [0.25, 0.3) is 0 Å². The van der Waals surface area contributed by atoms with Crippen LogP contribution in [-0.4, -0.2) is 5.67 Å². The normalized spacial score (nSPS) is 31.2. The maximum Gasteiger partial charge on any atom is 0.108 e. The lowest BCUT2D eigenvalue weighted by Gasteiger charge is -2.21. The Hall–Kier alpha value is -1.11. The summed E-state index contributed by atoms with van der Waals surface area (Å²) in [5.41, 5.74) is 0.293. The number of hydrogen-bond acceptors (Lipinski definition) is 0. The standard InChI is InChI=1S/C15H19F/c1-3-14(12-7-5-4-6-8-12)13-9-10-15(2,16)11-13/h3-8,13-14H,1,9-11H2,2H3. The number of rotatable bonds is 3. The van der Waals surface area contributed by atoms with Crippen LogP contribution in [-0.2, 0) is 0 Å². The summed E-state index contributed by atoms with van der Waals surface area (Å²) in [6.07, 6.45) is 4.30. The van der Waals surface area contributed by atoms with E-state index in [0.717, 1.165) is 6.42 Å². The molecule has 1 aliphatic rings. The summed E-state index contributed by atoms with van der Waals surface area (Å²) in [5.74, 6) is 0.716. The Balaban J connectivity index is 2.16. The highest BCUT2D eigenvalue weighted by Gasteiger charge is 2.38. The molecule has 0 amide bonds. The topological polar surface area (TPSA) is 0 Å². The smallest absolute Gasteiger partial charge is 0.108 e. The third-order valence-electron chi connectivity index (χ3n) is 3.67. The second kappa shape index (κ2) is 4.40. The van der Waals surface area contributed by atoms with E-state index in [1.54, 1.807) is 6.92 Å². The summed E-state index contributed by atoms with van der Waals surface area (Å²) in [7, 11) is 0. The van der Waals surface area contributed by atoms with Gasteiger partial charge in [0.2, 0.25) is 0 Å². The van der Waals surface area contributed by atoms with Crippen molar-refractivity contribution >= 4 is 0 Å². The number of benzene rings is 1. The van der Waals surface area contributed by atoms with Crippen molar-refractivity contribution in [3.05, 3.63) is 48.6 Å². The molecule has 0 N–H and O–H groups in total. The molecule has 0 aliphatic heterocycles. The highest BCUT2D eigenvalue weighted by molar-refractivity contribution is 5.24. The van der Waals surface area contributed by atoms with E-state index in [1.165, 1.54) is 5.56 Å². The van der Waals surface area contributed by atoms with Gasteiger partial charge in [-0.1, -0.05) is 36.4 Å². The molecular weight excluding hydrogens is 199 g/mol. The molecular formula is C15H19F. The highest BCUT2D eigenvalue weighted by Crippen LogP contribution is 2.44.